The summed E-state index contributed by atoms with van der Waals surface area (Å²) in [5, 5.41) is 0. The minimum Gasteiger partial charge on any atom is -0.244 e. The highest BCUT2D eigenvalue weighted by atomic mass is 14.8. The first-order chi connectivity index (χ1) is 11.7. The molecule has 0 N–H and O–H groups in total. The summed E-state index contributed by atoms with van der Waals surface area (Å²) in [7, 11) is 0. The van der Waals surface area contributed by atoms with E-state index in [4.69, 9.17) is 9.97 Å². The van der Waals surface area contributed by atoms with Gasteiger partial charge in [0.05, 0.1) is 22.4 Å². The van der Waals surface area contributed by atoms with Gasteiger partial charge in [0.15, 0.2) is 0 Å². The molecule has 0 aliphatic rings. The molecular weight excluding hydrogens is 292 g/mol. The highest BCUT2D eigenvalue weighted by Gasteiger charge is 2.13. The molecule has 4 aromatic rings. The minimum atomic E-state index is 0.920. The lowest BCUT2D eigenvalue weighted by Gasteiger charge is -2.12. The Balaban J connectivity index is 2.03. The average Bonchev–Trinajstić information content (AvgIpc) is 2.63. The molecule has 0 amide bonds. The van der Waals surface area contributed by atoms with Gasteiger partial charge in [-0.05, 0) is 43.2 Å². The number of aryl methyl sites for hydroxylation is 2. The molecular formula is C22H18N2. The van der Waals surface area contributed by atoms with Crippen LogP contribution in [0.1, 0.15) is 11.1 Å². The summed E-state index contributed by atoms with van der Waals surface area (Å²) in [4.78, 5) is 9.84. The van der Waals surface area contributed by atoms with Gasteiger partial charge in [0, 0.05) is 11.1 Å². The smallest absolute Gasteiger partial charge is 0.0973 e. The number of aromatic nitrogens is 2. The molecule has 1 heterocycles. The molecule has 0 spiro atoms. The van der Waals surface area contributed by atoms with E-state index in [9.17, 15) is 0 Å². The minimum absolute atomic E-state index is 0.920. The van der Waals surface area contributed by atoms with Gasteiger partial charge in [-0.25, -0.2) is 9.97 Å². The van der Waals surface area contributed by atoms with E-state index >= 15 is 0 Å². The fourth-order valence-electron chi connectivity index (χ4n) is 2.89. The lowest BCUT2D eigenvalue weighted by atomic mass is 10.00. The monoisotopic (exact) mass is 310 g/mol. The number of hydrogen-bond donors (Lipinski definition) is 0. The van der Waals surface area contributed by atoms with Crippen LogP contribution in [0.2, 0.25) is 0 Å². The Labute approximate surface area is 141 Å². The summed E-state index contributed by atoms with van der Waals surface area (Å²) in [6, 6.07) is 24.8. The van der Waals surface area contributed by atoms with Crippen molar-refractivity contribution in [2.45, 2.75) is 13.8 Å². The van der Waals surface area contributed by atoms with E-state index in [0.717, 1.165) is 33.5 Å². The molecule has 0 atom stereocenters. The number of nitrogens with zero attached hydrogens (tertiary/aromatic N) is 2. The second-order valence-electron chi connectivity index (χ2n) is 6.07. The molecule has 2 heteroatoms. The molecule has 116 valence electrons. The predicted molar refractivity (Wildman–Crippen MR) is 99.9 cm³/mol. The van der Waals surface area contributed by atoms with E-state index in [0.29, 0.717) is 0 Å². The number of fused-ring (bicyclic) bond motifs is 1. The van der Waals surface area contributed by atoms with Crippen LogP contribution in [0, 0.1) is 13.8 Å². The van der Waals surface area contributed by atoms with E-state index in [2.05, 4.69) is 44.2 Å². The molecule has 0 unspecified atom stereocenters. The van der Waals surface area contributed by atoms with Crippen molar-refractivity contribution < 1.29 is 0 Å². The Hall–Kier alpha value is -3.00. The molecule has 0 fully saturated rings. The van der Waals surface area contributed by atoms with Gasteiger partial charge in [0.25, 0.3) is 0 Å². The molecule has 0 aliphatic heterocycles. The Morgan fingerprint density at radius 1 is 0.542 bits per heavy atom. The standard InChI is InChI=1S/C22H18N2/c1-15-12-13-18(14-16(15)2)22-21(17-8-4-3-5-9-17)23-19-10-6-7-11-20(19)24-22/h3-14H,1-2H3. The van der Waals surface area contributed by atoms with Crippen molar-refractivity contribution >= 4 is 11.0 Å². The zero-order chi connectivity index (χ0) is 16.5. The second kappa shape index (κ2) is 5.89. The molecule has 2 nitrogen and oxygen atoms in total. The topological polar surface area (TPSA) is 25.8 Å². The summed E-state index contributed by atoms with van der Waals surface area (Å²) in [5.74, 6) is 0. The molecule has 0 saturated heterocycles. The van der Waals surface area contributed by atoms with Crippen molar-refractivity contribution in [3.63, 3.8) is 0 Å². The van der Waals surface area contributed by atoms with Crippen molar-refractivity contribution in [2.75, 3.05) is 0 Å². The van der Waals surface area contributed by atoms with Crippen LogP contribution in [0.4, 0.5) is 0 Å². The lowest BCUT2D eigenvalue weighted by molar-refractivity contribution is 1.28. The first kappa shape index (κ1) is 14.6. The molecule has 1 aromatic heterocycles. The molecule has 3 aromatic carbocycles. The lowest BCUT2D eigenvalue weighted by Crippen LogP contribution is -1.96. The number of rotatable bonds is 2. The van der Waals surface area contributed by atoms with Crippen molar-refractivity contribution in [1.82, 2.24) is 9.97 Å². The predicted octanol–water partition coefficient (Wildman–Crippen LogP) is 5.58. The normalized spacial score (nSPS) is 10.9. The summed E-state index contributed by atoms with van der Waals surface area (Å²) >= 11 is 0. The maximum Gasteiger partial charge on any atom is 0.0973 e. The van der Waals surface area contributed by atoms with Crippen LogP contribution in [0.25, 0.3) is 33.5 Å². The second-order valence-corrected chi connectivity index (χ2v) is 6.07. The van der Waals surface area contributed by atoms with E-state index in [1.807, 2.05) is 42.5 Å². The molecule has 0 aliphatic carbocycles. The third-order valence-corrected chi connectivity index (χ3v) is 4.40. The van der Waals surface area contributed by atoms with Gasteiger partial charge >= 0.3 is 0 Å². The molecule has 4 rings (SSSR count). The third-order valence-electron chi connectivity index (χ3n) is 4.40. The summed E-state index contributed by atoms with van der Waals surface area (Å²) < 4.78 is 0. The Bertz CT molecular complexity index is 1020. The van der Waals surface area contributed by atoms with E-state index in [-0.39, 0.29) is 0 Å². The van der Waals surface area contributed by atoms with Gasteiger partial charge in [-0.3, -0.25) is 0 Å². The van der Waals surface area contributed by atoms with Crippen LogP contribution in [-0.2, 0) is 0 Å². The van der Waals surface area contributed by atoms with Crippen molar-refractivity contribution in [2.24, 2.45) is 0 Å². The fraction of sp³-hybridized carbons (Fsp3) is 0.0909. The number of para-hydroxylation sites is 2. The van der Waals surface area contributed by atoms with Crippen molar-refractivity contribution in [3.8, 4) is 22.5 Å². The van der Waals surface area contributed by atoms with Crippen LogP contribution in [0.15, 0.2) is 72.8 Å². The third kappa shape index (κ3) is 2.56. The van der Waals surface area contributed by atoms with Crippen LogP contribution in [-0.4, -0.2) is 9.97 Å². The Morgan fingerprint density at radius 3 is 1.75 bits per heavy atom. The van der Waals surface area contributed by atoms with E-state index in [1.54, 1.807) is 0 Å². The Kier molecular flexibility index (Phi) is 3.58. The van der Waals surface area contributed by atoms with Crippen molar-refractivity contribution in [1.29, 1.82) is 0 Å². The maximum atomic E-state index is 4.93. The van der Waals surface area contributed by atoms with Crippen LogP contribution in [0.5, 0.6) is 0 Å². The highest BCUT2D eigenvalue weighted by molar-refractivity contribution is 5.86. The number of hydrogen-bond acceptors (Lipinski definition) is 2. The van der Waals surface area contributed by atoms with E-state index < -0.39 is 0 Å². The van der Waals surface area contributed by atoms with Crippen LogP contribution in [0.3, 0.4) is 0 Å². The fourth-order valence-corrected chi connectivity index (χ4v) is 2.89. The molecule has 24 heavy (non-hydrogen) atoms. The van der Waals surface area contributed by atoms with Crippen molar-refractivity contribution in [3.05, 3.63) is 83.9 Å². The van der Waals surface area contributed by atoms with Gasteiger partial charge in [-0.1, -0.05) is 54.6 Å². The van der Waals surface area contributed by atoms with Gasteiger partial charge in [-0.15, -0.1) is 0 Å². The Morgan fingerprint density at radius 2 is 1.12 bits per heavy atom. The van der Waals surface area contributed by atoms with Gasteiger partial charge in [0.1, 0.15) is 0 Å². The number of benzene rings is 3. The first-order valence-corrected chi connectivity index (χ1v) is 8.12. The molecule has 0 saturated carbocycles. The summed E-state index contributed by atoms with van der Waals surface area (Å²) in [6.45, 7) is 4.26. The summed E-state index contributed by atoms with van der Waals surface area (Å²) in [6.07, 6.45) is 0. The first-order valence-electron chi connectivity index (χ1n) is 8.12. The average molecular weight is 310 g/mol. The SMILES string of the molecule is Cc1ccc(-c2nc3ccccc3nc2-c2ccccc2)cc1C. The summed E-state index contributed by atoms with van der Waals surface area (Å²) in [5.41, 5.74) is 8.45. The quantitative estimate of drug-likeness (QED) is 0.483. The highest BCUT2D eigenvalue weighted by Crippen LogP contribution is 2.31. The van der Waals surface area contributed by atoms with Gasteiger partial charge in [-0.2, -0.15) is 0 Å². The van der Waals surface area contributed by atoms with Crippen LogP contribution >= 0.6 is 0 Å². The van der Waals surface area contributed by atoms with E-state index in [1.165, 1.54) is 11.1 Å². The largest absolute Gasteiger partial charge is 0.244 e. The zero-order valence-corrected chi connectivity index (χ0v) is 13.8. The maximum absolute atomic E-state index is 4.93. The van der Waals surface area contributed by atoms with Crippen LogP contribution < -0.4 is 0 Å². The zero-order valence-electron chi connectivity index (χ0n) is 13.8. The molecule has 0 bridgehead atoms. The van der Waals surface area contributed by atoms with Gasteiger partial charge in [0.2, 0.25) is 0 Å². The molecule has 0 radical (unpaired) electrons. The van der Waals surface area contributed by atoms with Gasteiger partial charge < -0.3 is 0 Å².